The normalized spacial score (nSPS) is 10.7. The highest BCUT2D eigenvalue weighted by Crippen LogP contribution is 2.25. The van der Waals surface area contributed by atoms with Crippen LogP contribution in [-0.2, 0) is 12.3 Å². The molecule has 0 saturated carbocycles. The third kappa shape index (κ3) is 1.62. The zero-order valence-corrected chi connectivity index (χ0v) is 8.97. The zero-order chi connectivity index (χ0) is 9.97. The number of aryl methyl sites for hydroxylation is 1. The molecule has 2 rings (SSSR count). The van der Waals surface area contributed by atoms with Crippen LogP contribution >= 0.6 is 23.1 Å². The Labute approximate surface area is 89.3 Å². The van der Waals surface area contributed by atoms with Crippen LogP contribution in [0, 0.1) is 0 Å². The van der Waals surface area contributed by atoms with E-state index in [1.807, 2.05) is 6.92 Å². The Kier molecular flexibility index (Phi) is 2.74. The molecule has 0 aliphatic rings. The summed E-state index contributed by atoms with van der Waals surface area (Å²) in [6.07, 6.45) is 0.796. The summed E-state index contributed by atoms with van der Waals surface area (Å²) < 4.78 is 9.13. The Balaban J connectivity index is 2.38. The second-order valence-corrected chi connectivity index (χ2v) is 3.56. The molecule has 0 bridgehead atoms. The quantitative estimate of drug-likeness (QED) is 0.754. The molecule has 2 aromatic rings. The molecule has 0 atom stereocenters. The Morgan fingerprint density at radius 2 is 2.21 bits per heavy atom. The average Bonchev–Trinajstić information content (AvgIpc) is 2.85. The van der Waals surface area contributed by atoms with Crippen molar-refractivity contribution in [3.63, 3.8) is 0 Å². The Morgan fingerprint density at radius 3 is 2.86 bits per heavy atom. The number of halogens is 1. The lowest BCUT2D eigenvalue weighted by molar-refractivity contribution is 0.528. The molecule has 2 heterocycles. The molecule has 5 nitrogen and oxygen atoms in total. The van der Waals surface area contributed by atoms with Gasteiger partial charge < -0.3 is 4.42 Å². The molecular weight excluding hydrogens is 224 g/mol. The van der Waals surface area contributed by atoms with Crippen LogP contribution in [0.2, 0.25) is 0 Å². The van der Waals surface area contributed by atoms with Gasteiger partial charge in [-0.2, -0.15) is 0 Å². The highest BCUT2D eigenvalue weighted by Gasteiger charge is 2.15. The van der Waals surface area contributed by atoms with Crippen molar-refractivity contribution >= 4 is 23.1 Å². The average molecular weight is 231 g/mol. The molecule has 0 amide bonds. The van der Waals surface area contributed by atoms with E-state index >= 15 is 0 Å². The van der Waals surface area contributed by atoms with Gasteiger partial charge in [0.05, 0.1) is 5.69 Å². The first-order valence-electron chi connectivity index (χ1n) is 4.05. The monoisotopic (exact) mass is 230 g/mol. The van der Waals surface area contributed by atoms with Crippen LogP contribution in [0.1, 0.15) is 18.5 Å². The van der Waals surface area contributed by atoms with Crippen molar-refractivity contribution in [3.8, 4) is 10.8 Å². The maximum Gasteiger partial charge on any atom is 0.261 e. The summed E-state index contributed by atoms with van der Waals surface area (Å²) in [6.45, 7) is 2.00. The van der Waals surface area contributed by atoms with Crippen molar-refractivity contribution in [2.75, 3.05) is 0 Å². The topological polar surface area (TPSA) is 64.7 Å². The summed E-state index contributed by atoms with van der Waals surface area (Å²) >= 11 is 6.80. The number of hydrogen-bond donors (Lipinski definition) is 0. The maximum absolute atomic E-state index is 5.55. The lowest BCUT2D eigenvalue weighted by atomic mass is 10.3. The number of alkyl halides is 1. The van der Waals surface area contributed by atoms with Crippen molar-refractivity contribution < 1.29 is 4.42 Å². The minimum absolute atomic E-state index is 0.223. The number of hydrogen-bond acceptors (Lipinski definition) is 6. The smallest absolute Gasteiger partial charge is 0.261 e. The fourth-order valence-electron chi connectivity index (χ4n) is 1.00. The van der Waals surface area contributed by atoms with Gasteiger partial charge in [0, 0.05) is 0 Å². The van der Waals surface area contributed by atoms with Gasteiger partial charge in [-0.15, -0.1) is 26.9 Å². The van der Waals surface area contributed by atoms with Crippen LogP contribution < -0.4 is 0 Å². The van der Waals surface area contributed by atoms with Gasteiger partial charge in [-0.25, -0.2) is 0 Å². The second kappa shape index (κ2) is 4.02. The SMILES string of the molecule is CCc1nnsc1-c1nnc(CCl)o1. The van der Waals surface area contributed by atoms with Gasteiger partial charge in [-0.3, -0.25) is 0 Å². The number of rotatable bonds is 3. The van der Waals surface area contributed by atoms with Crippen molar-refractivity contribution in [1.29, 1.82) is 0 Å². The molecule has 0 radical (unpaired) electrons. The first kappa shape index (κ1) is 9.54. The summed E-state index contributed by atoms with van der Waals surface area (Å²) in [4.78, 5) is 0.830. The first-order valence-corrected chi connectivity index (χ1v) is 5.36. The van der Waals surface area contributed by atoms with Crippen LogP contribution in [0.3, 0.4) is 0 Å². The standard InChI is InChI=1S/C7H7ClN4OS/c1-2-4-6(14-12-9-4)7-11-10-5(3-8)13-7/h2-3H2,1H3. The highest BCUT2D eigenvalue weighted by molar-refractivity contribution is 7.09. The fourth-order valence-corrected chi connectivity index (χ4v) is 1.78. The van der Waals surface area contributed by atoms with Crippen LogP contribution in [0.25, 0.3) is 10.8 Å². The van der Waals surface area contributed by atoms with Gasteiger partial charge in [0.1, 0.15) is 10.8 Å². The molecule has 0 aromatic carbocycles. The molecule has 7 heteroatoms. The second-order valence-electron chi connectivity index (χ2n) is 2.54. The van der Waals surface area contributed by atoms with Gasteiger partial charge in [0.2, 0.25) is 5.89 Å². The number of aromatic nitrogens is 4. The molecule has 2 aromatic heterocycles. The van der Waals surface area contributed by atoms with Crippen LogP contribution in [0.5, 0.6) is 0 Å². The van der Waals surface area contributed by atoms with E-state index in [9.17, 15) is 0 Å². The van der Waals surface area contributed by atoms with Gasteiger partial charge in [-0.05, 0) is 18.0 Å². The van der Waals surface area contributed by atoms with Crippen LogP contribution in [0.4, 0.5) is 0 Å². The highest BCUT2D eigenvalue weighted by atomic mass is 35.5. The third-order valence-corrected chi connectivity index (χ3v) is 2.65. The van der Waals surface area contributed by atoms with Gasteiger partial charge in [0.15, 0.2) is 0 Å². The zero-order valence-electron chi connectivity index (χ0n) is 7.40. The Morgan fingerprint density at radius 1 is 1.36 bits per heavy atom. The Bertz CT molecular complexity index is 427. The maximum atomic E-state index is 5.55. The molecule has 0 saturated heterocycles. The van der Waals surface area contributed by atoms with Gasteiger partial charge in [0.25, 0.3) is 5.89 Å². The number of nitrogens with zero attached hydrogens (tertiary/aromatic N) is 4. The van der Waals surface area contributed by atoms with Crippen LogP contribution in [0.15, 0.2) is 4.42 Å². The summed E-state index contributed by atoms with van der Waals surface area (Å²) in [5.74, 6) is 1.09. The van der Waals surface area contributed by atoms with E-state index in [1.54, 1.807) is 0 Å². The molecule has 74 valence electrons. The molecule has 0 spiro atoms. The molecule has 0 N–H and O–H groups in total. The first-order chi connectivity index (χ1) is 6.85. The molecule has 0 aliphatic heterocycles. The lowest BCUT2D eigenvalue weighted by Crippen LogP contribution is -1.84. The summed E-state index contributed by atoms with van der Waals surface area (Å²) in [7, 11) is 0. The van der Waals surface area contributed by atoms with E-state index in [0.717, 1.165) is 17.0 Å². The molecule has 0 fully saturated rings. The molecule has 0 unspecified atom stereocenters. The van der Waals surface area contributed by atoms with E-state index in [4.69, 9.17) is 16.0 Å². The van der Waals surface area contributed by atoms with Crippen molar-refractivity contribution in [2.24, 2.45) is 0 Å². The van der Waals surface area contributed by atoms with E-state index in [2.05, 4.69) is 19.8 Å². The van der Waals surface area contributed by atoms with Gasteiger partial charge in [-0.1, -0.05) is 11.4 Å². The van der Waals surface area contributed by atoms with E-state index < -0.39 is 0 Å². The minimum atomic E-state index is 0.223. The Hall–Kier alpha value is -1.01. The predicted molar refractivity (Wildman–Crippen MR) is 52.1 cm³/mol. The largest absolute Gasteiger partial charge is 0.418 e. The van der Waals surface area contributed by atoms with Crippen molar-refractivity contribution in [3.05, 3.63) is 11.6 Å². The third-order valence-electron chi connectivity index (χ3n) is 1.67. The van der Waals surface area contributed by atoms with E-state index in [1.165, 1.54) is 11.5 Å². The summed E-state index contributed by atoms with van der Waals surface area (Å²) in [6, 6.07) is 0. The van der Waals surface area contributed by atoms with E-state index in [-0.39, 0.29) is 5.88 Å². The van der Waals surface area contributed by atoms with E-state index in [0.29, 0.717) is 11.8 Å². The molecular formula is C7H7ClN4OS. The fraction of sp³-hybridized carbons (Fsp3) is 0.429. The summed E-state index contributed by atoms with van der Waals surface area (Å²) in [5, 5.41) is 11.6. The van der Waals surface area contributed by atoms with Gasteiger partial charge >= 0.3 is 0 Å². The predicted octanol–water partition coefficient (Wildman–Crippen LogP) is 1.89. The van der Waals surface area contributed by atoms with Crippen molar-refractivity contribution in [2.45, 2.75) is 19.2 Å². The molecule has 0 aliphatic carbocycles. The lowest BCUT2D eigenvalue weighted by Gasteiger charge is -1.89. The van der Waals surface area contributed by atoms with Crippen LogP contribution in [-0.4, -0.2) is 19.8 Å². The minimum Gasteiger partial charge on any atom is -0.418 e. The summed E-state index contributed by atoms with van der Waals surface area (Å²) in [5.41, 5.74) is 0.875. The van der Waals surface area contributed by atoms with Crippen molar-refractivity contribution in [1.82, 2.24) is 19.8 Å². The molecule has 14 heavy (non-hydrogen) atoms.